The van der Waals surface area contributed by atoms with Gasteiger partial charge in [0.1, 0.15) is 11.4 Å². The number of aromatic nitrogens is 6. The van der Waals surface area contributed by atoms with Crippen molar-refractivity contribution in [3.63, 3.8) is 0 Å². The fourth-order valence-electron chi connectivity index (χ4n) is 4.64. The molecule has 0 aliphatic rings. The average Bonchev–Trinajstić information content (AvgIpc) is 3.60. The molecule has 0 aliphatic carbocycles. The summed E-state index contributed by atoms with van der Waals surface area (Å²) in [5.41, 5.74) is 10.8. The molecule has 40 heavy (non-hydrogen) atoms. The summed E-state index contributed by atoms with van der Waals surface area (Å²) >= 11 is 1.51. The molecule has 198 valence electrons. The van der Waals surface area contributed by atoms with E-state index in [-0.39, 0.29) is 16.9 Å². The smallest absolute Gasteiger partial charge is 0.266 e. The Hall–Kier alpha value is -5.16. The maximum absolute atomic E-state index is 14.1. The number of nitrogen functional groups attached to an aromatic ring is 1. The first-order valence-corrected chi connectivity index (χ1v) is 13.4. The topological polar surface area (TPSA) is 133 Å². The number of nitrogens with zero attached hydrogens (tertiary/aromatic N) is 6. The number of thiazole rings is 1. The van der Waals surface area contributed by atoms with Crippen LogP contribution in [0.5, 0.6) is 0 Å². The maximum atomic E-state index is 14.1. The van der Waals surface area contributed by atoms with Gasteiger partial charge in [-0.1, -0.05) is 36.4 Å². The Morgan fingerprint density at radius 1 is 1.10 bits per heavy atom. The summed E-state index contributed by atoms with van der Waals surface area (Å²) in [6, 6.07) is 15.9. The zero-order valence-corrected chi connectivity index (χ0v) is 22.5. The van der Waals surface area contributed by atoms with Gasteiger partial charge in [0.2, 0.25) is 0 Å². The minimum Gasteiger partial charge on any atom is -0.381 e. The molecule has 11 heteroatoms. The standard InChI is InChI=1S/C29H24N8O2S/c1-17-13-14-32-27-24(25(30)35-37(17)27)28(38)33-18(2)26-34-22-10-6-7-19(11-12-21-15-31-16-40-21)23(22)29(39)36(26)20-8-4-3-5-9-20/h3-16,18H,1-2H3,(H2,30,35)(H,33,38)/b12-11+/t18-/m1/s1. The number of nitrogens with two attached hydrogens (primary N) is 1. The van der Waals surface area contributed by atoms with Crippen LogP contribution in [0, 0.1) is 6.92 Å². The predicted molar refractivity (Wildman–Crippen MR) is 156 cm³/mol. The van der Waals surface area contributed by atoms with Crippen LogP contribution in [-0.4, -0.2) is 35.0 Å². The number of rotatable bonds is 6. The van der Waals surface area contributed by atoms with E-state index in [0.717, 1.165) is 16.1 Å². The van der Waals surface area contributed by atoms with Crippen molar-refractivity contribution in [2.45, 2.75) is 19.9 Å². The monoisotopic (exact) mass is 548 g/mol. The third-order valence-electron chi connectivity index (χ3n) is 6.55. The van der Waals surface area contributed by atoms with Gasteiger partial charge in [0.05, 0.1) is 28.1 Å². The number of aryl methyl sites for hydroxylation is 1. The van der Waals surface area contributed by atoms with Crippen LogP contribution in [0.2, 0.25) is 0 Å². The number of amides is 1. The van der Waals surface area contributed by atoms with Crippen LogP contribution in [0.1, 0.15) is 45.3 Å². The lowest BCUT2D eigenvalue weighted by atomic mass is 10.1. The zero-order valence-electron chi connectivity index (χ0n) is 21.6. The second-order valence-electron chi connectivity index (χ2n) is 9.20. The van der Waals surface area contributed by atoms with Gasteiger partial charge in [-0.3, -0.25) is 19.1 Å². The van der Waals surface area contributed by atoms with Gasteiger partial charge in [0, 0.05) is 23.0 Å². The second kappa shape index (κ2) is 10.2. The number of carbonyl (C=O) groups excluding carboxylic acids is 1. The van der Waals surface area contributed by atoms with Crippen molar-refractivity contribution < 1.29 is 4.79 Å². The van der Waals surface area contributed by atoms with E-state index in [1.165, 1.54) is 15.9 Å². The van der Waals surface area contributed by atoms with E-state index >= 15 is 0 Å². The molecule has 3 N–H and O–H groups in total. The van der Waals surface area contributed by atoms with Crippen molar-refractivity contribution in [2.75, 3.05) is 5.73 Å². The molecule has 0 bridgehead atoms. The number of anilines is 1. The van der Waals surface area contributed by atoms with Crippen LogP contribution in [0.15, 0.2) is 77.3 Å². The number of hydrogen-bond acceptors (Lipinski definition) is 8. The van der Waals surface area contributed by atoms with E-state index in [4.69, 9.17) is 10.7 Å². The van der Waals surface area contributed by atoms with Gasteiger partial charge in [-0.15, -0.1) is 16.4 Å². The van der Waals surface area contributed by atoms with E-state index in [1.54, 1.807) is 41.5 Å². The summed E-state index contributed by atoms with van der Waals surface area (Å²) in [4.78, 5) is 41.9. The minimum absolute atomic E-state index is 0.0655. The Balaban J connectivity index is 1.47. The van der Waals surface area contributed by atoms with Gasteiger partial charge >= 0.3 is 0 Å². The molecule has 0 saturated heterocycles. The first-order chi connectivity index (χ1) is 19.4. The maximum Gasteiger partial charge on any atom is 0.266 e. The van der Waals surface area contributed by atoms with Crippen molar-refractivity contribution >= 4 is 51.8 Å². The summed E-state index contributed by atoms with van der Waals surface area (Å²) in [5, 5.41) is 7.70. The Bertz CT molecular complexity index is 1960. The average molecular weight is 549 g/mol. The van der Waals surface area contributed by atoms with Crippen LogP contribution in [0.25, 0.3) is 34.4 Å². The SMILES string of the molecule is Cc1ccnc2c(C(=O)N[C@H](C)c3nc4cccc(/C=C/c5cncs5)c4c(=O)n3-c3ccccc3)c(N)nn12. The third-order valence-corrected chi connectivity index (χ3v) is 7.29. The van der Waals surface area contributed by atoms with E-state index in [2.05, 4.69) is 20.4 Å². The van der Waals surface area contributed by atoms with Gasteiger partial charge in [-0.25, -0.2) is 14.5 Å². The summed E-state index contributed by atoms with van der Waals surface area (Å²) in [5.74, 6) is -0.0242. The van der Waals surface area contributed by atoms with Gasteiger partial charge in [0.25, 0.3) is 11.5 Å². The van der Waals surface area contributed by atoms with Crippen molar-refractivity contribution in [3.05, 3.63) is 110 Å². The fraction of sp³-hybridized carbons (Fsp3) is 0.103. The van der Waals surface area contributed by atoms with Gasteiger partial charge in [-0.05, 0) is 49.8 Å². The Labute approximate surface area is 232 Å². The largest absolute Gasteiger partial charge is 0.381 e. The Morgan fingerprint density at radius 3 is 2.70 bits per heavy atom. The Kier molecular flexibility index (Phi) is 6.40. The molecule has 0 spiro atoms. The molecule has 0 saturated carbocycles. The molecule has 10 nitrogen and oxygen atoms in total. The molecule has 0 unspecified atom stereocenters. The lowest BCUT2D eigenvalue weighted by Crippen LogP contribution is -2.33. The lowest BCUT2D eigenvalue weighted by Gasteiger charge is -2.20. The molecule has 2 aromatic carbocycles. The molecule has 4 aromatic heterocycles. The number of hydrogen-bond donors (Lipinski definition) is 2. The van der Waals surface area contributed by atoms with Crippen LogP contribution in [0.3, 0.4) is 0 Å². The van der Waals surface area contributed by atoms with Crippen molar-refractivity contribution in [1.29, 1.82) is 0 Å². The molecular formula is C29H24N8O2S. The Morgan fingerprint density at radius 2 is 1.93 bits per heavy atom. The summed E-state index contributed by atoms with van der Waals surface area (Å²) in [7, 11) is 0. The number of fused-ring (bicyclic) bond motifs is 2. The van der Waals surface area contributed by atoms with Gasteiger partial charge in [0.15, 0.2) is 11.5 Å². The number of benzene rings is 2. The second-order valence-corrected chi connectivity index (χ2v) is 10.1. The van der Waals surface area contributed by atoms with E-state index in [1.807, 2.05) is 61.5 Å². The molecular weight excluding hydrogens is 524 g/mol. The van der Waals surface area contributed by atoms with Gasteiger partial charge in [-0.2, -0.15) is 0 Å². The van der Waals surface area contributed by atoms with Crippen LogP contribution in [0.4, 0.5) is 5.82 Å². The molecule has 1 atom stereocenters. The molecule has 0 fully saturated rings. The summed E-state index contributed by atoms with van der Waals surface area (Å²) in [6.45, 7) is 3.63. The van der Waals surface area contributed by atoms with Crippen molar-refractivity contribution in [1.82, 2.24) is 34.4 Å². The minimum atomic E-state index is -0.666. The molecule has 0 aliphatic heterocycles. The first kappa shape index (κ1) is 25.1. The van der Waals surface area contributed by atoms with Crippen LogP contribution < -0.4 is 16.6 Å². The highest BCUT2D eigenvalue weighted by atomic mass is 32.1. The van der Waals surface area contributed by atoms with Crippen molar-refractivity contribution in [2.24, 2.45) is 0 Å². The first-order valence-electron chi connectivity index (χ1n) is 12.5. The predicted octanol–water partition coefficient (Wildman–Crippen LogP) is 4.44. The molecule has 1 amide bonds. The highest BCUT2D eigenvalue weighted by molar-refractivity contribution is 7.10. The fourth-order valence-corrected chi connectivity index (χ4v) is 5.15. The lowest BCUT2D eigenvalue weighted by molar-refractivity contribution is 0.0940. The van der Waals surface area contributed by atoms with Gasteiger partial charge < -0.3 is 11.1 Å². The molecule has 4 heterocycles. The summed E-state index contributed by atoms with van der Waals surface area (Å²) in [6.07, 6.45) is 7.18. The normalized spacial score (nSPS) is 12.3. The number of nitrogens with one attached hydrogen (secondary N) is 1. The third kappa shape index (κ3) is 4.41. The van der Waals surface area contributed by atoms with E-state index in [9.17, 15) is 9.59 Å². The highest BCUT2D eigenvalue weighted by Gasteiger charge is 2.25. The van der Waals surface area contributed by atoms with Crippen molar-refractivity contribution in [3.8, 4) is 5.69 Å². The zero-order chi connectivity index (χ0) is 27.8. The van der Waals surface area contributed by atoms with E-state index in [0.29, 0.717) is 28.1 Å². The number of carbonyl (C=O) groups is 1. The summed E-state index contributed by atoms with van der Waals surface area (Å²) < 4.78 is 3.07. The van der Waals surface area contributed by atoms with Crippen LogP contribution >= 0.6 is 11.3 Å². The molecule has 6 rings (SSSR count). The highest BCUT2D eigenvalue weighted by Crippen LogP contribution is 2.24. The van der Waals surface area contributed by atoms with Crippen LogP contribution in [-0.2, 0) is 0 Å². The van der Waals surface area contributed by atoms with E-state index < -0.39 is 11.9 Å². The number of para-hydroxylation sites is 1. The quantitative estimate of drug-likeness (QED) is 0.314. The molecule has 6 aromatic rings. The molecule has 0 radical (unpaired) electrons.